The van der Waals surface area contributed by atoms with Crippen LogP contribution in [0.5, 0.6) is 0 Å². The highest BCUT2D eigenvalue weighted by Crippen LogP contribution is 2.25. The number of para-hydroxylation sites is 1. The molecule has 3 rings (SSSR count). The molecule has 1 aromatic carbocycles. The zero-order valence-corrected chi connectivity index (χ0v) is 13.1. The lowest BCUT2D eigenvalue weighted by molar-refractivity contribution is 0.0600. The first-order chi connectivity index (χ1) is 10.8. The fourth-order valence-electron chi connectivity index (χ4n) is 2.99. The Morgan fingerprint density at radius 1 is 1.41 bits per heavy atom. The van der Waals surface area contributed by atoms with Crippen molar-refractivity contribution in [1.82, 2.24) is 15.1 Å². The highest BCUT2D eigenvalue weighted by atomic mass is 16.5. The first-order valence-corrected chi connectivity index (χ1v) is 7.74. The minimum Gasteiger partial charge on any atom is -0.465 e. The predicted octanol–water partition coefficient (Wildman–Crippen LogP) is 2.26. The zero-order chi connectivity index (χ0) is 15.5. The number of hydrogen-bond donors (Lipinski definition) is 1. The second kappa shape index (κ2) is 6.32. The quantitative estimate of drug-likeness (QED) is 0.880. The van der Waals surface area contributed by atoms with Crippen molar-refractivity contribution in [2.75, 3.05) is 13.7 Å². The Kier molecular flexibility index (Phi) is 4.24. The zero-order valence-electron chi connectivity index (χ0n) is 13.1. The summed E-state index contributed by atoms with van der Waals surface area (Å²) in [6, 6.07) is 7.49. The molecule has 1 aromatic heterocycles. The first-order valence-electron chi connectivity index (χ1n) is 7.74. The number of methoxy groups -OCH3 is 1. The highest BCUT2D eigenvalue weighted by molar-refractivity contribution is 5.93. The summed E-state index contributed by atoms with van der Waals surface area (Å²) in [5.41, 5.74) is 4.97. The second-order valence-corrected chi connectivity index (χ2v) is 5.47. The number of ether oxygens (including phenoxy) is 1. The lowest BCUT2D eigenvalue weighted by Crippen LogP contribution is -2.25. The van der Waals surface area contributed by atoms with E-state index in [0.29, 0.717) is 5.56 Å². The lowest BCUT2D eigenvalue weighted by atomic mass is 10.0. The van der Waals surface area contributed by atoms with Crippen LogP contribution in [0.25, 0.3) is 5.69 Å². The number of nitrogens with one attached hydrogen (secondary N) is 1. The summed E-state index contributed by atoms with van der Waals surface area (Å²) in [5, 5.41) is 8.21. The maximum atomic E-state index is 12.0. The summed E-state index contributed by atoms with van der Waals surface area (Å²) in [6.07, 6.45) is 2.93. The van der Waals surface area contributed by atoms with Crippen molar-refractivity contribution < 1.29 is 9.53 Å². The molecule has 5 nitrogen and oxygen atoms in total. The van der Waals surface area contributed by atoms with Gasteiger partial charge < -0.3 is 10.1 Å². The van der Waals surface area contributed by atoms with Crippen molar-refractivity contribution >= 4 is 5.97 Å². The van der Waals surface area contributed by atoms with Crippen LogP contribution in [0.2, 0.25) is 0 Å². The molecular formula is C17H21N3O2. The van der Waals surface area contributed by atoms with Gasteiger partial charge in [0.15, 0.2) is 0 Å². The minimum absolute atomic E-state index is 0.328. The predicted molar refractivity (Wildman–Crippen MR) is 84.3 cm³/mol. The van der Waals surface area contributed by atoms with E-state index in [-0.39, 0.29) is 5.97 Å². The third-order valence-corrected chi connectivity index (χ3v) is 4.04. The number of nitrogens with zero attached hydrogens (tertiary/aromatic N) is 2. The Balaban J connectivity index is 2.15. The van der Waals surface area contributed by atoms with Gasteiger partial charge in [-0.2, -0.15) is 5.10 Å². The number of fused-ring (bicyclic) bond motifs is 1. The van der Waals surface area contributed by atoms with Crippen molar-refractivity contribution in [2.24, 2.45) is 0 Å². The number of carbonyl (C=O) groups excluding carboxylic acids is 1. The Hall–Kier alpha value is -2.14. The molecule has 0 fully saturated rings. The Bertz CT molecular complexity index is 691. The SMILES string of the molecule is CCCc1nn(-c2ccccc2C(=O)OC)c2c1CNCC2. The molecule has 2 aromatic rings. The van der Waals surface area contributed by atoms with Gasteiger partial charge in [0.25, 0.3) is 0 Å². The Morgan fingerprint density at radius 3 is 3.00 bits per heavy atom. The van der Waals surface area contributed by atoms with Crippen LogP contribution < -0.4 is 5.32 Å². The number of benzene rings is 1. The molecule has 0 atom stereocenters. The summed E-state index contributed by atoms with van der Waals surface area (Å²) >= 11 is 0. The van der Waals surface area contributed by atoms with Gasteiger partial charge in [-0.3, -0.25) is 0 Å². The molecule has 0 spiro atoms. The van der Waals surface area contributed by atoms with Crippen LogP contribution in [0, 0.1) is 0 Å². The maximum Gasteiger partial charge on any atom is 0.340 e. The van der Waals surface area contributed by atoms with Crippen LogP contribution >= 0.6 is 0 Å². The molecule has 0 saturated heterocycles. The smallest absolute Gasteiger partial charge is 0.340 e. The number of aryl methyl sites for hydroxylation is 1. The van der Waals surface area contributed by atoms with Gasteiger partial charge in [-0.15, -0.1) is 0 Å². The van der Waals surface area contributed by atoms with Gasteiger partial charge in [-0.25, -0.2) is 9.48 Å². The van der Waals surface area contributed by atoms with Crippen molar-refractivity contribution in [1.29, 1.82) is 0 Å². The average molecular weight is 299 g/mol. The van der Waals surface area contributed by atoms with Crippen molar-refractivity contribution in [3.8, 4) is 5.69 Å². The molecule has 0 amide bonds. The van der Waals surface area contributed by atoms with Crippen LogP contribution in [0.4, 0.5) is 0 Å². The van der Waals surface area contributed by atoms with E-state index in [2.05, 4.69) is 12.2 Å². The Morgan fingerprint density at radius 2 is 2.23 bits per heavy atom. The second-order valence-electron chi connectivity index (χ2n) is 5.47. The van der Waals surface area contributed by atoms with E-state index in [0.717, 1.165) is 43.7 Å². The molecule has 2 heterocycles. The standard InChI is InChI=1S/C17H21N3O2/c1-3-6-14-13-11-18-10-9-16(13)20(19-14)15-8-5-4-7-12(15)17(21)22-2/h4-5,7-8,18H,3,6,9-11H2,1-2H3. The van der Waals surface area contributed by atoms with Crippen LogP contribution in [-0.2, 0) is 24.1 Å². The summed E-state index contributed by atoms with van der Waals surface area (Å²) < 4.78 is 6.84. The number of hydrogen-bond acceptors (Lipinski definition) is 4. The third-order valence-electron chi connectivity index (χ3n) is 4.04. The van der Waals surface area contributed by atoms with Crippen molar-refractivity contribution in [2.45, 2.75) is 32.7 Å². The van der Waals surface area contributed by atoms with Gasteiger partial charge in [-0.05, 0) is 18.6 Å². The molecule has 0 saturated carbocycles. The maximum absolute atomic E-state index is 12.0. The van der Waals surface area contributed by atoms with E-state index >= 15 is 0 Å². The van der Waals surface area contributed by atoms with Crippen molar-refractivity contribution in [3.05, 3.63) is 46.8 Å². The first kappa shape index (κ1) is 14.8. The van der Waals surface area contributed by atoms with E-state index in [4.69, 9.17) is 9.84 Å². The molecule has 5 heteroatoms. The van der Waals surface area contributed by atoms with E-state index in [9.17, 15) is 4.79 Å². The topological polar surface area (TPSA) is 56.2 Å². The van der Waals surface area contributed by atoms with Crippen molar-refractivity contribution in [3.63, 3.8) is 0 Å². The molecule has 22 heavy (non-hydrogen) atoms. The van der Waals surface area contributed by atoms with E-state index < -0.39 is 0 Å². The van der Waals surface area contributed by atoms with Crippen LogP contribution in [0.15, 0.2) is 24.3 Å². The Labute approximate surface area is 130 Å². The molecule has 0 radical (unpaired) electrons. The summed E-state index contributed by atoms with van der Waals surface area (Å²) in [6.45, 7) is 3.94. The van der Waals surface area contributed by atoms with Gasteiger partial charge in [-0.1, -0.05) is 25.5 Å². The van der Waals surface area contributed by atoms with Gasteiger partial charge in [0, 0.05) is 25.1 Å². The van der Waals surface area contributed by atoms with E-state index in [1.165, 1.54) is 18.4 Å². The molecule has 0 aliphatic carbocycles. The summed E-state index contributed by atoms with van der Waals surface area (Å²) in [7, 11) is 1.41. The lowest BCUT2D eigenvalue weighted by Gasteiger charge is -2.16. The monoisotopic (exact) mass is 299 g/mol. The largest absolute Gasteiger partial charge is 0.465 e. The molecule has 0 bridgehead atoms. The minimum atomic E-state index is -0.328. The number of esters is 1. The number of aromatic nitrogens is 2. The molecule has 1 aliphatic rings. The normalized spacial score (nSPS) is 13.7. The molecule has 1 aliphatic heterocycles. The van der Waals surface area contributed by atoms with E-state index in [1.54, 1.807) is 6.07 Å². The highest BCUT2D eigenvalue weighted by Gasteiger charge is 2.23. The van der Waals surface area contributed by atoms with Gasteiger partial charge in [0.2, 0.25) is 0 Å². The van der Waals surface area contributed by atoms with Crippen LogP contribution in [-0.4, -0.2) is 29.4 Å². The summed E-state index contributed by atoms with van der Waals surface area (Å²) in [5.74, 6) is -0.328. The third kappa shape index (κ3) is 2.52. The van der Waals surface area contributed by atoms with Gasteiger partial charge in [0.05, 0.1) is 29.7 Å². The molecule has 116 valence electrons. The fraction of sp³-hybridized carbons (Fsp3) is 0.412. The molecule has 0 unspecified atom stereocenters. The molecular weight excluding hydrogens is 278 g/mol. The summed E-state index contributed by atoms with van der Waals surface area (Å²) in [4.78, 5) is 12.0. The molecule has 1 N–H and O–H groups in total. The van der Waals surface area contributed by atoms with Crippen LogP contribution in [0.1, 0.15) is 40.7 Å². The van der Waals surface area contributed by atoms with E-state index in [1.807, 2.05) is 22.9 Å². The van der Waals surface area contributed by atoms with Crippen LogP contribution in [0.3, 0.4) is 0 Å². The average Bonchev–Trinajstić information content (AvgIpc) is 2.93. The number of carbonyl (C=O) groups is 1. The number of rotatable bonds is 4. The van der Waals surface area contributed by atoms with Gasteiger partial charge >= 0.3 is 5.97 Å². The fourth-order valence-corrected chi connectivity index (χ4v) is 2.99. The van der Waals surface area contributed by atoms with Gasteiger partial charge in [0.1, 0.15) is 0 Å².